The lowest BCUT2D eigenvalue weighted by Crippen LogP contribution is -2.40. The fraction of sp³-hybridized carbons (Fsp3) is 0.650. The van der Waals surface area contributed by atoms with E-state index in [0.29, 0.717) is 6.54 Å². The maximum absolute atomic E-state index is 6.21. The Morgan fingerprint density at radius 1 is 1.04 bits per heavy atom. The second kappa shape index (κ2) is 10.4. The number of aliphatic imine (C=N–C) groups is 1. The Bertz CT molecular complexity index is 546. The van der Waals surface area contributed by atoms with Crippen LogP contribution in [0.2, 0.25) is 0 Å². The Morgan fingerprint density at radius 2 is 1.68 bits per heavy atom. The number of guanidine groups is 1. The van der Waals surface area contributed by atoms with E-state index in [4.69, 9.17) is 5.73 Å². The van der Waals surface area contributed by atoms with Gasteiger partial charge in [0.2, 0.25) is 0 Å². The molecule has 2 aliphatic rings. The summed E-state index contributed by atoms with van der Waals surface area (Å²) in [7, 11) is 0. The van der Waals surface area contributed by atoms with Gasteiger partial charge >= 0.3 is 0 Å². The molecule has 2 saturated heterocycles. The predicted molar refractivity (Wildman–Crippen MR) is 116 cm³/mol. The Morgan fingerprint density at radius 3 is 2.36 bits per heavy atom. The molecule has 5 heteroatoms. The van der Waals surface area contributed by atoms with E-state index in [9.17, 15) is 0 Å². The lowest BCUT2D eigenvalue weighted by molar-refractivity contribution is 0.185. The summed E-state index contributed by atoms with van der Waals surface area (Å²) in [5.41, 5.74) is 8.93. The SMILES string of the molecule is CC1CCN(Cc2ccccc2CN=C(N)N2CCCCC2)CC1.I. The highest BCUT2D eigenvalue weighted by molar-refractivity contribution is 14.0. The van der Waals surface area contributed by atoms with Crippen LogP contribution >= 0.6 is 24.0 Å². The molecule has 0 saturated carbocycles. The van der Waals surface area contributed by atoms with Gasteiger partial charge in [-0.05, 0) is 62.2 Å². The number of likely N-dealkylation sites (tertiary alicyclic amines) is 2. The van der Waals surface area contributed by atoms with Crippen LogP contribution in [0.15, 0.2) is 29.3 Å². The molecule has 2 heterocycles. The van der Waals surface area contributed by atoms with Crippen molar-refractivity contribution in [2.75, 3.05) is 26.2 Å². The van der Waals surface area contributed by atoms with E-state index in [0.717, 1.165) is 31.5 Å². The molecule has 1 aromatic rings. The zero-order chi connectivity index (χ0) is 16.8. The van der Waals surface area contributed by atoms with Gasteiger partial charge in [-0.3, -0.25) is 4.90 Å². The predicted octanol–water partition coefficient (Wildman–Crippen LogP) is 3.84. The van der Waals surface area contributed by atoms with Crippen molar-refractivity contribution in [3.8, 4) is 0 Å². The summed E-state index contributed by atoms with van der Waals surface area (Å²) < 4.78 is 0. The molecule has 25 heavy (non-hydrogen) atoms. The van der Waals surface area contributed by atoms with Crippen LogP contribution in [0, 0.1) is 5.92 Å². The number of hydrogen-bond donors (Lipinski definition) is 1. The van der Waals surface area contributed by atoms with Crippen LogP contribution in [0.3, 0.4) is 0 Å². The normalized spacial score (nSPS) is 20.4. The molecule has 0 radical (unpaired) electrons. The Hall–Kier alpha value is -0.820. The largest absolute Gasteiger partial charge is 0.370 e. The molecule has 0 unspecified atom stereocenters. The number of piperidine rings is 2. The number of halogens is 1. The monoisotopic (exact) mass is 456 g/mol. The van der Waals surface area contributed by atoms with Crippen LogP contribution < -0.4 is 5.73 Å². The molecule has 0 aliphatic carbocycles. The third kappa shape index (κ3) is 6.13. The summed E-state index contributed by atoms with van der Waals surface area (Å²) in [6.07, 6.45) is 6.44. The molecule has 0 spiro atoms. The van der Waals surface area contributed by atoms with Gasteiger partial charge in [0.25, 0.3) is 0 Å². The third-order valence-corrected chi connectivity index (χ3v) is 5.48. The van der Waals surface area contributed by atoms with Crippen molar-refractivity contribution in [1.82, 2.24) is 9.80 Å². The lowest BCUT2D eigenvalue weighted by Gasteiger charge is -2.30. The molecule has 2 fully saturated rings. The highest BCUT2D eigenvalue weighted by atomic mass is 127. The molecule has 0 amide bonds. The molecular weight excluding hydrogens is 423 g/mol. The van der Waals surface area contributed by atoms with Gasteiger partial charge in [0, 0.05) is 19.6 Å². The molecule has 0 bridgehead atoms. The second-order valence-electron chi connectivity index (χ2n) is 7.45. The van der Waals surface area contributed by atoms with Crippen molar-refractivity contribution in [2.45, 2.75) is 52.1 Å². The Kier molecular flexibility index (Phi) is 8.49. The second-order valence-corrected chi connectivity index (χ2v) is 7.45. The minimum atomic E-state index is 0. The summed E-state index contributed by atoms with van der Waals surface area (Å²) >= 11 is 0. The van der Waals surface area contributed by atoms with Gasteiger partial charge in [0.1, 0.15) is 0 Å². The van der Waals surface area contributed by atoms with E-state index in [1.807, 2.05) is 0 Å². The summed E-state index contributed by atoms with van der Waals surface area (Å²) in [6.45, 7) is 8.66. The van der Waals surface area contributed by atoms with Crippen molar-refractivity contribution in [2.24, 2.45) is 16.6 Å². The van der Waals surface area contributed by atoms with Crippen molar-refractivity contribution < 1.29 is 0 Å². The molecule has 0 aromatic heterocycles. The van der Waals surface area contributed by atoms with Crippen molar-refractivity contribution >= 4 is 29.9 Å². The Labute approximate surface area is 169 Å². The van der Waals surface area contributed by atoms with Gasteiger partial charge in [-0.25, -0.2) is 4.99 Å². The van der Waals surface area contributed by atoms with Crippen LogP contribution in [0.1, 0.15) is 50.2 Å². The van der Waals surface area contributed by atoms with E-state index in [1.165, 1.54) is 56.3 Å². The molecule has 1 aromatic carbocycles. The van der Waals surface area contributed by atoms with E-state index in [-0.39, 0.29) is 24.0 Å². The molecule has 2 aliphatic heterocycles. The van der Waals surface area contributed by atoms with Gasteiger partial charge in [-0.2, -0.15) is 0 Å². The summed E-state index contributed by atoms with van der Waals surface area (Å²) in [6, 6.07) is 8.71. The average Bonchev–Trinajstić information content (AvgIpc) is 2.63. The topological polar surface area (TPSA) is 44.9 Å². The van der Waals surface area contributed by atoms with Gasteiger partial charge in [0.15, 0.2) is 5.96 Å². The molecule has 4 nitrogen and oxygen atoms in total. The number of rotatable bonds is 4. The minimum Gasteiger partial charge on any atom is -0.370 e. The maximum atomic E-state index is 6.21. The van der Waals surface area contributed by atoms with Crippen molar-refractivity contribution in [1.29, 1.82) is 0 Å². The van der Waals surface area contributed by atoms with Crippen molar-refractivity contribution in [3.63, 3.8) is 0 Å². The Balaban J connectivity index is 0.00000225. The molecular formula is C20H33IN4. The fourth-order valence-corrected chi connectivity index (χ4v) is 3.72. The minimum absolute atomic E-state index is 0. The third-order valence-electron chi connectivity index (χ3n) is 5.48. The van der Waals surface area contributed by atoms with E-state index >= 15 is 0 Å². The summed E-state index contributed by atoms with van der Waals surface area (Å²) in [4.78, 5) is 9.50. The van der Waals surface area contributed by atoms with Crippen LogP contribution in [-0.2, 0) is 13.1 Å². The highest BCUT2D eigenvalue weighted by Crippen LogP contribution is 2.20. The quantitative estimate of drug-likeness (QED) is 0.426. The standard InChI is InChI=1S/C20H32N4.HI/c1-17-9-13-23(14-10-17)16-19-8-4-3-7-18(19)15-22-20(21)24-11-5-2-6-12-24;/h3-4,7-8,17H,2,5-6,9-16H2,1H3,(H2,21,22);1H. The van der Waals surface area contributed by atoms with Gasteiger partial charge in [-0.1, -0.05) is 31.2 Å². The smallest absolute Gasteiger partial charge is 0.191 e. The maximum Gasteiger partial charge on any atom is 0.191 e. The number of benzene rings is 1. The number of nitrogens with two attached hydrogens (primary N) is 1. The lowest BCUT2D eigenvalue weighted by atomic mass is 9.98. The fourth-order valence-electron chi connectivity index (χ4n) is 3.72. The molecule has 3 rings (SSSR count). The van der Waals surface area contributed by atoms with Crippen LogP contribution in [0.5, 0.6) is 0 Å². The first-order chi connectivity index (χ1) is 11.7. The molecule has 0 atom stereocenters. The first-order valence-corrected chi connectivity index (χ1v) is 9.56. The van der Waals surface area contributed by atoms with E-state index < -0.39 is 0 Å². The first kappa shape index (κ1) is 20.5. The van der Waals surface area contributed by atoms with Crippen LogP contribution in [0.4, 0.5) is 0 Å². The van der Waals surface area contributed by atoms with Crippen LogP contribution in [0.25, 0.3) is 0 Å². The molecule has 2 N–H and O–H groups in total. The van der Waals surface area contributed by atoms with Gasteiger partial charge < -0.3 is 10.6 Å². The highest BCUT2D eigenvalue weighted by Gasteiger charge is 2.17. The van der Waals surface area contributed by atoms with Gasteiger partial charge in [-0.15, -0.1) is 24.0 Å². The number of nitrogens with zero attached hydrogens (tertiary/aromatic N) is 3. The van der Waals surface area contributed by atoms with E-state index in [1.54, 1.807) is 0 Å². The van der Waals surface area contributed by atoms with Crippen molar-refractivity contribution in [3.05, 3.63) is 35.4 Å². The molecule has 140 valence electrons. The number of hydrogen-bond acceptors (Lipinski definition) is 2. The van der Waals surface area contributed by atoms with E-state index in [2.05, 4.69) is 46.0 Å². The zero-order valence-corrected chi connectivity index (χ0v) is 17.8. The van der Waals surface area contributed by atoms with Crippen LogP contribution in [-0.4, -0.2) is 41.9 Å². The average molecular weight is 456 g/mol. The first-order valence-electron chi connectivity index (χ1n) is 9.56. The zero-order valence-electron chi connectivity index (χ0n) is 15.5. The summed E-state index contributed by atoms with van der Waals surface area (Å²) in [5, 5.41) is 0. The van der Waals surface area contributed by atoms with Gasteiger partial charge in [0.05, 0.1) is 6.54 Å². The summed E-state index contributed by atoms with van der Waals surface area (Å²) in [5.74, 6) is 1.60.